The molecule has 1 aliphatic carbocycles. The molecule has 3 rings (SSSR count). The second-order valence-corrected chi connectivity index (χ2v) is 6.10. The van der Waals surface area contributed by atoms with E-state index in [0.29, 0.717) is 17.7 Å². The van der Waals surface area contributed by atoms with Crippen LogP contribution in [-0.4, -0.2) is 17.1 Å². The molecule has 4 N–H and O–H groups in total. The molecule has 1 aliphatic rings. The zero-order valence-corrected chi connectivity index (χ0v) is 12.8. The van der Waals surface area contributed by atoms with Gasteiger partial charge in [0.25, 0.3) is 5.91 Å². The molecule has 0 saturated carbocycles. The van der Waals surface area contributed by atoms with Gasteiger partial charge in [-0.1, -0.05) is 22.0 Å². The Balaban J connectivity index is 1.83. The number of nitrogen functional groups attached to an aromatic ring is 1. The Labute approximate surface area is 131 Å². The fourth-order valence-corrected chi connectivity index (χ4v) is 2.90. The summed E-state index contributed by atoms with van der Waals surface area (Å²) in [5, 5.41) is 13.1. The number of rotatable bonds is 2. The summed E-state index contributed by atoms with van der Waals surface area (Å²) in [6.07, 6.45) is -0.0952. The van der Waals surface area contributed by atoms with Crippen LogP contribution in [0.15, 0.2) is 46.9 Å². The molecule has 21 heavy (non-hydrogen) atoms. The summed E-state index contributed by atoms with van der Waals surface area (Å²) >= 11 is 3.34. The Morgan fingerprint density at radius 3 is 2.67 bits per heavy atom. The lowest BCUT2D eigenvalue weighted by molar-refractivity contribution is 0.0858. The number of hydrogen-bond donors (Lipinski definition) is 3. The lowest BCUT2D eigenvalue weighted by atomic mass is 10.1. The first-order valence-corrected chi connectivity index (χ1v) is 7.46. The third-order valence-corrected chi connectivity index (χ3v) is 4.24. The van der Waals surface area contributed by atoms with E-state index in [1.165, 1.54) is 0 Å². The second-order valence-electron chi connectivity index (χ2n) is 5.19. The highest BCUT2D eigenvalue weighted by Gasteiger charge is 2.32. The van der Waals surface area contributed by atoms with Crippen molar-refractivity contribution in [1.29, 1.82) is 0 Å². The number of hydrogen-bond acceptors (Lipinski definition) is 3. The van der Waals surface area contributed by atoms with Crippen molar-refractivity contribution in [2.45, 2.75) is 18.6 Å². The van der Waals surface area contributed by atoms with Crippen LogP contribution in [0.5, 0.6) is 0 Å². The van der Waals surface area contributed by atoms with Gasteiger partial charge in [-0.3, -0.25) is 4.79 Å². The number of carbonyl (C=O) groups is 1. The molecule has 0 aliphatic heterocycles. The van der Waals surface area contributed by atoms with Gasteiger partial charge >= 0.3 is 0 Å². The van der Waals surface area contributed by atoms with Crippen molar-refractivity contribution in [3.63, 3.8) is 0 Å². The van der Waals surface area contributed by atoms with Gasteiger partial charge in [0, 0.05) is 22.1 Å². The first-order chi connectivity index (χ1) is 10.0. The maximum absolute atomic E-state index is 12.3. The number of aliphatic hydroxyl groups excluding tert-OH is 1. The molecule has 2 aromatic carbocycles. The molecule has 108 valence electrons. The molecule has 0 saturated heterocycles. The van der Waals surface area contributed by atoms with Crippen LogP contribution >= 0.6 is 15.9 Å². The maximum Gasteiger partial charge on any atom is 0.251 e. The Kier molecular flexibility index (Phi) is 3.69. The van der Waals surface area contributed by atoms with Gasteiger partial charge in [-0.2, -0.15) is 0 Å². The number of fused-ring (bicyclic) bond motifs is 1. The summed E-state index contributed by atoms with van der Waals surface area (Å²) in [4.78, 5) is 12.3. The highest BCUT2D eigenvalue weighted by Crippen LogP contribution is 2.33. The molecule has 0 heterocycles. The van der Waals surface area contributed by atoms with Crippen LogP contribution in [0.1, 0.15) is 27.5 Å². The van der Waals surface area contributed by atoms with Gasteiger partial charge in [0.2, 0.25) is 0 Å². The van der Waals surface area contributed by atoms with Crippen molar-refractivity contribution < 1.29 is 9.90 Å². The summed E-state index contributed by atoms with van der Waals surface area (Å²) in [5.74, 6) is -0.207. The van der Waals surface area contributed by atoms with Crippen LogP contribution in [0.4, 0.5) is 5.69 Å². The van der Waals surface area contributed by atoms with Crippen molar-refractivity contribution >= 4 is 27.5 Å². The van der Waals surface area contributed by atoms with E-state index in [0.717, 1.165) is 15.6 Å². The molecular formula is C16H15BrN2O2. The average molecular weight is 347 g/mol. The quantitative estimate of drug-likeness (QED) is 0.731. The van der Waals surface area contributed by atoms with Gasteiger partial charge < -0.3 is 16.2 Å². The largest absolute Gasteiger partial charge is 0.399 e. The number of nitrogens with one attached hydrogen (secondary N) is 1. The molecule has 2 atom stereocenters. The Morgan fingerprint density at radius 2 is 1.95 bits per heavy atom. The van der Waals surface area contributed by atoms with Crippen LogP contribution in [0.2, 0.25) is 0 Å². The third kappa shape index (κ3) is 2.80. The standard InChI is InChI=1S/C16H15BrN2O2/c17-11-4-1-9(2-5-11)16(21)19-15-13-8-12(18)6-3-10(13)7-14(15)20/h1-6,8,14-15,20H,7,18H2,(H,19,21)/t14-,15-/m1/s1. The number of aliphatic hydroxyl groups is 1. The summed E-state index contributed by atoms with van der Waals surface area (Å²) < 4.78 is 0.915. The molecule has 4 nitrogen and oxygen atoms in total. The minimum atomic E-state index is -0.624. The molecule has 0 aromatic heterocycles. The van der Waals surface area contributed by atoms with Crippen molar-refractivity contribution in [2.75, 3.05) is 5.73 Å². The number of carbonyl (C=O) groups excluding carboxylic acids is 1. The van der Waals surface area contributed by atoms with E-state index in [2.05, 4.69) is 21.2 Å². The Hall–Kier alpha value is -1.85. The third-order valence-electron chi connectivity index (χ3n) is 3.71. The molecule has 0 spiro atoms. The van der Waals surface area contributed by atoms with Crippen LogP contribution in [0, 0.1) is 0 Å². The zero-order chi connectivity index (χ0) is 15.0. The van der Waals surface area contributed by atoms with E-state index in [1.54, 1.807) is 12.1 Å². The number of nitrogens with two attached hydrogens (primary N) is 1. The van der Waals surface area contributed by atoms with E-state index >= 15 is 0 Å². The van der Waals surface area contributed by atoms with Crippen LogP contribution in [0.3, 0.4) is 0 Å². The van der Waals surface area contributed by atoms with Gasteiger partial charge in [-0.15, -0.1) is 0 Å². The van der Waals surface area contributed by atoms with E-state index in [-0.39, 0.29) is 5.91 Å². The molecule has 1 amide bonds. The summed E-state index contributed by atoms with van der Waals surface area (Å²) in [6.45, 7) is 0. The summed E-state index contributed by atoms with van der Waals surface area (Å²) in [7, 11) is 0. The van der Waals surface area contributed by atoms with Crippen molar-refractivity contribution in [3.05, 3.63) is 63.6 Å². The van der Waals surface area contributed by atoms with Gasteiger partial charge in [0.1, 0.15) is 0 Å². The molecule has 2 aromatic rings. The lowest BCUT2D eigenvalue weighted by Crippen LogP contribution is -2.33. The fourth-order valence-electron chi connectivity index (χ4n) is 2.64. The molecular weight excluding hydrogens is 332 g/mol. The van der Waals surface area contributed by atoms with Gasteiger partial charge in [-0.25, -0.2) is 0 Å². The second kappa shape index (κ2) is 5.50. The highest BCUT2D eigenvalue weighted by molar-refractivity contribution is 9.10. The fraction of sp³-hybridized carbons (Fsp3) is 0.188. The van der Waals surface area contributed by atoms with Crippen LogP contribution < -0.4 is 11.1 Å². The smallest absolute Gasteiger partial charge is 0.251 e. The van der Waals surface area contributed by atoms with Gasteiger partial charge in [-0.05, 0) is 47.5 Å². The predicted octanol–water partition coefficient (Wildman–Crippen LogP) is 2.42. The van der Waals surface area contributed by atoms with E-state index in [1.807, 2.05) is 30.3 Å². The first-order valence-electron chi connectivity index (χ1n) is 6.67. The van der Waals surface area contributed by atoms with Crippen LogP contribution in [0.25, 0.3) is 0 Å². The maximum atomic E-state index is 12.3. The average Bonchev–Trinajstić information content (AvgIpc) is 2.76. The van der Waals surface area contributed by atoms with Gasteiger partial charge in [0.05, 0.1) is 12.1 Å². The number of halogens is 1. The normalized spacial score (nSPS) is 20.1. The molecule has 0 bridgehead atoms. The monoisotopic (exact) mass is 346 g/mol. The number of anilines is 1. The Bertz CT molecular complexity index is 685. The minimum Gasteiger partial charge on any atom is -0.399 e. The molecule has 0 fully saturated rings. The molecule has 0 radical (unpaired) electrons. The van der Waals surface area contributed by atoms with Crippen molar-refractivity contribution in [2.24, 2.45) is 0 Å². The first kappa shape index (κ1) is 14.1. The highest BCUT2D eigenvalue weighted by atomic mass is 79.9. The van der Waals surface area contributed by atoms with Gasteiger partial charge in [0.15, 0.2) is 0 Å². The molecule has 5 heteroatoms. The Morgan fingerprint density at radius 1 is 1.24 bits per heavy atom. The van der Waals surface area contributed by atoms with Crippen LogP contribution in [-0.2, 0) is 6.42 Å². The van der Waals surface area contributed by atoms with Crippen molar-refractivity contribution in [1.82, 2.24) is 5.32 Å². The van der Waals surface area contributed by atoms with E-state index in [4.69, 9.17) is 5.73 Å². The SMILES string of the molecule is Nc1ccc2c(c1)[C@@H](NC(=O)c1ccc(Br)cc1)[C@H](O)C2. The van der Waals surface area contributed by atoms with Crippen molar-refractivity contribution in [3.8, 4) is 0 Å². The number of benzene rings is 2. The summed E-state index contributed by atoms with van der Waals surface area (Å²) in [6, 6.07) is 12.2. The lowest BCUT2D eigenvalue weighted by Gasteiger charge is -2.18. The van der Waals surface area contributed by atoms with E-state index in [9.17, 15) is 9.90 Å². The minimum absolute atomic E-state index is 0.207. The predicted molar refractivity (Wildman–Crippen MR) is 84.9 cm³/mol. The topological polar surface area (TPSA) is 75.3 Å². The summed E-state index contributed by atoms with van der Waals surface area (Å²) in [5.41, 5.74) is 8.91. The molecule has 0 unspecified atom stereocenters. The zero-order valence-electron chi connectivity index (χ0n) is 11.2. The number of amides is 1. The van der Waals surface area contributed by atoms with E-state index < -0.39 is 12.1 Å².